The molecule has 0 radical (unpaired) electrons. The first-order valence-electron chi connectivity index (χ1n) is 11.0. The number of aromatic nitrogens is 2. The topological polar surface area (TPSA) is 146 Å². The standard InChI is InChI=1S/C25H21IN6O4S/c1-36-17-10-11-19(26)22(15-17)31-23-24(30-21-9-3-2-8-20(21)29-23)32-37(34,35)18-7-4-6-16(14-18)25(33)28-13-5-12-27/h2-4,6-11,14-15H,5,13H2,1H3,(H,28,33)(H,29,31)(H,30,32). The van der Waals surface area contributed by atoms with Gasteiger partial charge >= 0.3 is 0 Å². The summed E-state index contributed by atoms with van der Waals surface area (Å²) in [5.74, 6) is 0.316. The van der Waals surface area contributed by atoms with Gasteiger partial charge in [-0.05, 0) is 65.1 Å². The van der Waals surface area contributed by atoms with Crippen LogP contribution in [0, 0.1) is 14.9 Å². The monoisotopic (exact) mass is 628 g/mol. The summed E-state index contributed by atoms with van der Waals surface area (Å²) in [5.41, 5.74) is 1.87. The van der Waals surface area contributed by atoms with Crippen molar-refractivity contribution < 1.29 is 17.9 Å². The smallest absolute Gasteiger partial charge is 0.263 e. The Balaban J connectivity index is 1.70. The van der Waals surface area contributed by atoms with Crippen molar-refractivity contribution in [1.29, 1.82) is 5.26 Å². The zero-order valence-corrected chi connectivity index (χ0v) is 22.5. The van der Waals surface area contributed by atoms with Gasteiger partial charge in [0.25, 0.3) is 15.9 Å². The highest BCUT2D eigenvalue weighted by molar-refractivity contribution is 14.1. The highest BCUT2D eigenvalue weighted by atomic mass is 127. The lowest BCUT2D eigenvalue weighted by Gasteiger charge is -2.15. The Labute approximate surface area is 227 Å². The van der Waals surface area contributed by atoms with E-state index < -0.39 is 15.9 Å². The predicted molar refractivity (Wildman–Crippen MR) is 148 cm³/mol. The van der Waals surface area contributed by atoms with E-state index in [1.165, 1.54) is 24.3 Å². The third-order valence-electron chi connectivity index (χ3n) is 5.16. The van der Waals surface area contributed by atoms with Gasteiger partial charge < -0.3 is 15.4 Å². The molecule has 0 unspecified atom stereocenters. The Hall–Kier alpha value is -3.96. The number of nitriles is 1. The molecule has 0 atom stereocenters. The van der Waals surface area contributed by atoms with Crippen molar-refractivity contribution in [2.24, 2.45) is 0 Å². The maximum Gasteiger partial charge on any atom is 0.263 e. The first-order valence-corrected chi connectivity index (χ1v) is 13.5. The van der Waals surface area contributed by atoms with Gasteiger partial charge in [-0.25, -0.2) is 18.4 Å². The van der Waals surface area contributed by atoms with Crippen molar-refractivity contribution >= 4 is 66.9 Å². The molecule has 1 heterocycles. The minimum atomic E-state index is -4.15. The number of benzene rings is 3. The molecule has 1 aromatic heterocycles. The highest BCUT2D eigenvalue weighted by Crippen LogP contribution is 2.31. The number of fused-ring (bicyclic) bond motifs is 1. The Morgan fingerprint density at radius 3 is 2.46 bits per heavy atom. The molecule has 0 aliphatic carbocycles. The fraction of sp³-hybridized carbons (Fsp3) is 0.120. The summed E-state index contributed by atoms with van der Waals surface area (Å²) in [5, 5.41) is 14.4. The summed E-state index contributed by atoms with van der Waals surface area (Å²) in [6.07, 6.45) is 0.147. The van der Waals surface area contributed by atoms with E-state index in [0.717, 1.165) is 3.57 Å². The summed E-state index contributed by atoms with van der Waals surface area (Å²) < 4.78 is 35.4. The van der Waals surface area contributed by atoms with Gasteiger partial charge in [0.1, 0.15) is 5.75 Å². The van der Waals surface area contributed by atoms with E-state index >= 15 is 0 Å². The molecule has 12 heteroatoms. The van der Waals surface area contributed by atoms with Crippen LogP contribution < -0.4 is 20.1 Å². The van der Waals surface area contributed by atoms with E-state index in [1.54, 1.807) is 31.4 Å². The van der Waals surface area contributed by atoms with Crippen LogP contribution in [0.4, 0.5) is 17.3 Å². The largest absolute Gasteiger partial charge is 0.497 e. The molecule has 4 aromatic rings. The SMILES string of the molecule is COc1ccc(I)c(Nc2nc3ccccc3nc2NS(=O)(=O)c2cccc(C(=O)NCCC#N)c2)c1. The van der Waals surface area contributed by atoms with Crippen molar-refractivity contribution in [2.45, 2.75) is 11.3 Å². The van der Waals surface area contributed by atoms with Gasteiger partial charge in [0, 0.05) is 21.7 Å². The van der Waals surface area contributed by atoms with E-state index in [2.05, 4.69) is 47.9 Å². The van der Waals surface area contributed by atoms with Crippen LogP contribution in [0.3, 0.4) is 0 Å². The van der Waals surface area contributed by atoms with Gasteiger partial charge in [-0.2, -0.15) is 5.26 Å². The van der Waals surface area contributed by atoms with Crippen LogP contribution in [0.2, 0.25) is 0 Å². The maximum atomic E-state index is 13.3. The van der Waals surface area contributed by atoms with Gasteiger partial charge in [0.2, 0.25) is 0 Å². The van der Waals surface area contributed by atoms with E-state index in [-0.39, 0.29) is 35.1 Å². The third-order valence-corrected chi connectivity index (χ3v) is 7.43. The molecule has 0 aliphatic rings. The molecular weight excluding hydrogens is 607 g/mol. The van der Waals surface area contributed by atoms with E-state index in [0.29, 0.717) is 22.5 Å². The third kappa shape index (κ3) is 6.25. The van der Waals surface area contributed by atoms with Gasteiger partial charge in [0.15, 0.2) is 11.6 Å². The van der Waals surface area contributed by atoms with Crippen LogP contribution in [-0.2, 0) is 10.0 Å². The van der Waals surface area contributed by atoms with Crippen molar-refractivity contribution in [2.75, 3.05) is 23.7 Å². The Bertz CT molecular complexity index is 1620. The number of carbonyl (C=O) groups excluding carboxylic acids is 1. The van der Waals surface area contributed by atoms with Crippen LogP contribution in [0.15, 0.2) is 71.6 Å². The second-order valence-corrected chi connectivity index (χ2v) is 10.5. The second kappa shape index (κ2) is 11.4. The number of para-hydroxylation sites is 2. The van der Waals surface area contributed by atoms with Crippen LogP contribution in [0.1, 0.15) is 16.8 Å². The lowest BCUT2D eigenvalue weighted by Crippen LogP contribution is -2.24. The second-order valence-electron chi connectivity index (χ2n) is 7.68. The number of methoxy groups -OCH3 is 1. The number of hydrogen-bond donors (Lipinski definition) is 3. The van der Waals surface area contributed by atoms with Gasteiger partial charge in [-0.1, -0.05) is 18.2 Å². The molecule has 10 nitrogen and oxygen atoms in total. The number of rotatable bonds is 9. The number of hydrogen-bond acceptors (Lipinski definition) is 8. The quantitative estimate of drug-likeness (QED) is 0.182. The van der Waals surface area contributed by atoms with Gasteiger partial charge in [-0.15, -0.1) is 0 Å². The summed E-state index contributed by atoms with van der Waals surface area (Å²) in [6, 6.07) is 20.1. The average molecular weight is 628 g/mol. The number of halogens is 1. The molecule has 1 amide bonds. The zero-order valence-electron chi connectivity index (χ0n) is 19.5. The fourth-order valence-corrected chi connectivity index (χ4v) is 4.86. The fourth-order valence-electron chi connectivity index (χ4n) is 3.34. The molecule has 3 N–H and O–H groups in total. The van der Waals surface area contributed by atoms with Crippen molar-refractivity contribution in [3.8, 4) is 11.8 Å². The van der Waals surface area contributed by atoms with Crippen molar-refractivity contribution in [3.05, 3.63) is 75.9 Å². The van der Waals surface area contributed by atoms with Crippen LogP contribution in [-0.4, -0.2) is 37.9 Å². The molecule has 0 fully saturated rings. The molecule has 188 valence electrons. The number of carbonyl (C=O) groups is 1. The molecule has 0 saturated heterocycles. The lowest BCUT2D eigenvalue weighted by atomic mass is 10.2. The number of sulfonamides is 1. The molecule has 0 bridgehead atoms. The molecule has 37 heavy (non-hydrogen) atoms. The number of nitrogens with one attached hydrogen (secondary N) is 3. The molecular formula is C25H21IN6O4S. The minimum absolute atomic E-state index is 0.0128. The highest BCUT2D eigenvalue weighted by Gasteiger charge is 2.21. The van der Waals surface area contributed by atoms with E-state index in [9.17, 15) is 13.2 Å². The minimum Gasteiger partial charge on any atom is -0.497 e. The van der Waals surface area contributed by atoms with E-state index in [1.807, 2.05) is 24.3 Å². The Morgan fingerprint density at radius 1 is 1.03 bits per heavy atom. The first-order chi connectivity index (χ1) is 17.8. The Morgan fingerprint density at radius 2 is 1.76 bits per heavy atom. The molecule has 0 spiro atoms. The molecule has 3 aromatic carbocycles. The summed E-state index contributed by atoms with van der Waals surface area (Å²) in [4.78, 5) is 21.3. The summed E-state index contributed by atoms with van der Waals surface area (Å²) in [6.45, 7) is 0.162. The van der Waals surface area contributed by atoms with Crippen LogP contribution in [0.5, 0.6) is 5.75 Å². The summed E-state index contributed by atoms with van der Waals surface area (Å²) in [7, 11) is -2.60. The molecule has 0 aliphatic heterocycles. The number of anilines is 3. The van der Waals surface area contributed by atoms with Crippen molar-refractivity contribution in [3.63, 3.8) is 0 Å². The average Bonchev–Trinajstić information content (AvgIpc) is 2.90. The van der Waals surface area contributed by atoms with Crippen molar-refractivity contribution in [1.82, 2.24) is 15.3 Å². The molecule has 0 saturated carbocycles. The summed E-state index contributed by atoms with van der Waals surface area (Å²) >= 11 is 2.15. The normalized spacial score (nSPS) is 10.9. The zero-order chi connectivity index (χ0) is 26.4. The number of nitrogens with zero attached hydrogens (tertiary/aromatic N) is 3. The Kier molecular flexibility index (Phi) is 8.04. The van der Waals surface area contributed by atoms with Gasteiger partial charge in [-0.3, -0.25) is 9.52 Å². The predicted octanol–water partition coefficient (Wildman–Crippen LogP) is 4.43. The maximum absolute atomic E-state index is 13.3. The van der Waals surface area contributed by atoms with E-state index in [4.69, 9.17) is 10.00 Å². The number of ether oxygens (including phenoxy) is 1. The van der Waals surface area contributed by atoms with Crippen LogP contribution in [0.25, 0.3) is 11.0 Å². The number of amides is 1. The van der Waals surface area contributed by atoms with Gasteiger partial charge in [0.05, 0.1) is 41.2 Å². The first kappa shape index (κ1) is 26.1. The lowest BCUT2D eigenvalue weighted by molar-refractivity contribution is 0.0954. The molecule has 4 rings (SSSR count). The van der Waals surface area contributed by atoms with Crippen LogP contribution >= 0.6 is 22.6 Å².